The van der Waals surface area contributed by atoms with Gasteiger partial charge in [-0.2, -0.15) is 9.29 Å². The van der Waals surface area contributed by atoms with E-state index >= 15 is 0 Å². The SMILES string of the molecule is Cc1noc(C2CN(C(=O)c3ccc(S(=O)(=O)N4CCCCC4)cc3)C2)n1. The van der Waals surface area contributed by atoms with Gasteiger partial charge in [-0.05, 0) is 44.0 Å². The second-order valence-corrected chi connectivity index (χ2v) is 9.01. The molecule has 3 heterocycles. The fraction of sp³-hybridized carbons (Fsp3) is 0.500. The molecule has 0 bridgehead atoms. The lowest BCUT2D eigenvalue weighted by molar-refractivity contribution is 0.0569. The Morgan fingerprint density at radius 2 is 1.78 bits per heavy atom. The summed E-state index contributed by atoms with van der Waals surface area (Å²) in [5, 5.41) is 3.77. The Kier molecular flexibility index (Phi) is 4.73. The maximum absolute atomic E-state index is 12.7. The minimum absolute atomic E-state index is 0.0638. The van der Waals surface area contributed by atoms with Crippen LogP contribution in [0.15, 0.2) is 33.7 Å². The second kappa shape index (κ2) is 7.05. The van der Waals surface area contributed by atoms with E-state index in [1.54, 1.807) is 24.0 Å². The second-order valence-electron chi connectivity index (χ2n) is 7.08. The number of amides is 1. The van der Waals surface area contributed by atoms with Crippen LogP contribution in [0, 0.1) is 6.92 Å². The highest BCUT2D eigenvalue weighted by Crippen LogP contribution is 2.28. The van der Waals surface area contributed by atoms with Crippen LogP contribution >= 0.6 is 0 Å². The Bertz CT molecular complexity index is 927. The Hall–Kier alpha value is -2.26. The van der Waals surface area contributed by atoms with Gasteiger partial charge in [-0.15, -0.1) is 0 Å². The number of benzene rings is 1. The molecule has 1 aromatic carbocycles. The number of aryl methyl sites for hydroxylation is 1. The molecular formula is C18H22N4O4S. The van der Waals surface area contributed by atoms with Gasteiger partial charge in [0.25, 0.3) is 5.91 Å². The summed E-state index contributed by atoms with van der Waals surface area (Å²) in [6, 6.07) is 6.22. The van der Waals surface area contributed by atoms with Gasteiger partial charge in [0.2, 0.25) is 15.9 Å². The number of nitrogens with zero attached hydrogens (tertiary/aromatic N) is 4. The molecule has 2 aromatic rings. The van der Waals surface area contributed by atoms with E-state index in [1.165, 1.54) is 16.4 Å². The van der Waals surface area contributed by atoms with Crippen LogP contribution in [0.25, 0.3) is 0 Å². The monoisotopic (exact) mass is 390 g/mol. The van der Waals surface area contributed by atoms with Crippen molar-refractivity contribution >= 4 is 15.9 Å². The number of carbonyl (C=O) groups is 1. The largest absolute Gasteiger partial charge is 0.339 e. The maximum atomic E-state index is 12.7. The number of rotatable bonds is 4. The van der Waals surface area contributed by atoms with Crippen LogP contribution in [0.5, 0.6) is 0 Å². The lowest BCUT2D eigenvalue weighted by Gasteiger charge is -2.37. The van der Waals surface area contributed by atoms with E-state index in [1.807, 2.05) is 0 Å². The minimum Gasteiger partial charge on any atom is -0.339 e. The van der Waals surface area contributed by atoms with Crippen LogP contribution in [0.4, 0.5) is 0 Å². The van der Waals surface area contributed by atoms with Crippen LogP contribution in [0.1, 0.15) is 47.3 Å². The third kappa shape index (κ3) is 3.49. The predicted molar refractivity (Wildman–Crippen MR) is 96.7 cm³/mol. The van der Waals surface area contributed by atoms with Gasteiger partial charge in [-0.25, -0.2) is 8.42 Å². The molecule has 2 aliphatic heterocycles. The van der Waals surface area contributed by atoms with Crippen LogP contribution < -0.4 is 0 Å². The number of likely N-dealkylation sites (tertiary alicyclic amines) is 1. The van der Waals surface area contributed by atoms with Gasteiger partial charge in [0.05, 0.1) is 10.8 Å². The highest BCUT2D eigenvalue weighted by Gasteiger charge is 2.36. The molecule has 4 rings (SSSR count). The summed E-state index contributed by atoms with van der Waals surface area (Å²) in [6.45, 7) is 3.93. The number of sulfonamides is 1. The summed E-state index contributed by atoms with van der Waals surface area (Å²) < 4.78 is 32.0. The van der Waals surface area contributed by atoms with Crippen LogP contribution in [0.2, 0.25) is 0 Å². The minimum atomic E-state index is -3.48. The lowest BCUT2D eigenvalue weighted by Crippen LogP contribution is -2.48. The van der Waals surface area contributed by atoms with Crippen molar-refractivity contribution in [1.82, 2.24) is 19.3 Å². The zero-order valence-corrected chi connectivity index (χ0v) is 16.0. The third-order valence-electron chi connectivity index (χ3n) is 5.12. The van der Waals surface area contributed by atoms with Gasteiger partial charge in [0.1, 0.15) is 0 Å². The summed E-state index contributed by atoms with van der Waals surface area (Å²) in [6.07, 6.45) is 2.86. The number of hydrogen-bond acceptors (Lipinski definition) is 6. The fourth-order valence-corrected chi connectivity index (χ4v) is 5.00. The molecule has 0 N–H and O–H groups in total. The van der Waals surface area contributed by atoms with Crippen LogP contribution in [-0.4, -0.2) is 59.8 Å². The van der Waals surface area contributed by atoms with E-state index in [0.717, 1.165) is 19.3 Å². The standard InChI is InChI=1S/C18H22N4O4S/c1-13-19-17(26-20-13)15-11-21(12-15)18(23)14-5-7-16(8-6-14)27(24,25)22-9-3-2-4-10-22/h5-8,15H,2-4,9-12H2,1H3. The molecule has 9 heteroatoms. The highest BCUT2D eigenvalue weighted by molar-refractivity contribution is 7.89. The molecule has 1 aromatic heterocycles. The number of aromatic nitrogens is 2. The zero-order valence-electron chi connectivity index (χ0n) is 15.2. The van der Waals surface area contributed by atoms with Crippen molar-refractivity contribution in [2.75, 3.05) is 26.2 Å². The van der Waals surface area contributed by atoms with Crippen molar-refractivity contribution in [3.05, 3.63) is 41.5 Å². The normalized spacial score (nSPS) is 19.1. The molecule has 0 atom stereocenters. The van der Waals surface area contributed by atoms with Crippen molar-refractivity contribution in [2.24, 2.45) is 0 Å². The molecule has 2 aliphatic rings. The van der Waals surface area contributed by atoms with E-state index in [9.17, 15) is 13.2 Å². The van der Waals surface area contributed by atoms with Gasteiger partial charge in [-0.3, -0.25) is 4.79 Å². The van der Waals surface area contributed by atoms with Gasteiger partial charge >= 0.3 is 0 Å². The lowest BCUT2D eigenvalue weighted by atomic mass is 9.99. The van der Waals surface area contributed by atoms with Gasteiger partial charge in [-0.1, -0.05) is 11.6 Å². The highest BCUT2D eigenvalue weighted by atomic mass is 32.2. The molecule has 144 valence electrons. The first kappa shape index (κ1) is 18.1. The number of hydrogen-bond donors (Lipinski definition) is 0. The molecule has 2 saturated heterocycles. The Morgan fingerprint density at radius 3 is 2.37 bits per heavy atom. The average Bonchev–Trinajstić information content (AvgIpc) is 3.07. The molecule has 27 heavy (non-hydrogen) atoms. The summed E-state index contributed by atoms with van der Waals surface area (Å²) in [7, 11) is -3.48. The van der Waals surface area contributed by atoms with E-state index < -0.39 is 10.0 Å². The predicted octanol–water partition coefficient (Wildman–Crippen LogP) is 1.79. The van der Waals surface area contributed by atoms with Crippen LogP contribution in [0.3, 0.4) is 0 Å². The van der Waals surface area contributed by atoms with Gasteiger partial charge in [0.15, 0.2) is 5.82 Å². The number of carbonyl (C=O) groups excluding carboxylic acids is 1. The summed E-state index contributed by atoms with van der Waals surface area (Å²) in [5.41, 5.74) is 0.479. The molecule has 0 aliphatic carbocycles. The van der Waals surface area contributed by atoms with Crippen molar-refractivity contribution < 1.29 is 17.7 Å². The molecule has 0 radical (unpaired) electrons. The van der Waals surface area contributed by atoms with E-state index in [0.29, 0.717) is 43.5 Å². The first-order chi connectivity index (χ1) is 12.9. The first-order valence-corrected chi connectivity index (χ1v) is 10.6. The molecular weight excluding hydrogens is 368 g/mol. The van der Waals surface area contributed by atoms with Crippen molar-refractivity contribution in [3.63, 3.8) is 0 Å². The smallest absolute Gasteiger partial charge is 0.253 e. The van der Waals surface area contributed by atoms with E-state index in [4.69, 9.17) is 4.52 Å². The molecule has 1 amide bonds. The Morgan fingerprint density at radius 1 is 1.11 bits per heavy atom. The Balaban J connectivity index is 1.41. The van der Waals surface area contributed by atoms with Gasteiger partial charge < -0.3 is 9.42 Å². The third-order valence-corrected chi connectivity index (χ3v) is 7.03. The fourth-order valence-electron chi connectivity index (χ4n) is 3.49. The Labute approximate surface area is 158 Å². The molecule has 2 fully saturated rings. The van der Waals surface area contributed by atoms with Crippen molar-refractivity contribution in [3.8, 4) is 0 Å². The van der Waals surface area contributed by atoms with E-state index in [-0.39, 0.29) is 16.7 Å². The topological polar surface area (TPSA) is 96.6 Å². The first-order valence-electron chi connectivity index (χ1n) is 9.15. The van der Waals surface area contributed by atoms with E-state index in [2.05, 4.69) is 10.1 Å². The molecule has 0 saturated carbocycles. The number of piperidine rings is 1. The average molecular weight is 390 g/mol. The quantitative estimate of drug-likeness (QED) is 0.790. The summed E-state index contributed by atoms with van der Waals surface area (Å²) in [4.78, 5) is 18.7. The molecule has 8 nitrogen and oxygen atoms in total. The van der Waals surface area contributed by atoms with Crippen molar-refractivity contribution in [2.45, 2.75) is 37.0 Å². The van der Waals surface area contributed by atoms with Gasteiger partial charge in [0, 0.05) is 31.7 Å². The molecule has 0 unspecified atom stereocenters. The zero-order chi connectivity index (χ0) is 19.0. The summed E-state index contributed by atoms with van der Waals surface area (Å²) >= 11 is 0. The van der Waals surface area contributed by atoms with Crippen LogP contribution in [-0.2, 0) is 10.0 Å². The molecule has 0 spiro atoms. The maximum Gasteiger partial charge on any atom is 0.253 e. The van der Waals surface area contributed by atoms with Crippen molar-refractivity contribution in [1.29, 1.82) is 0 Å². The summed E-state index contributed by atoms with van der Waals surface area (Å²) in [5.74, 6) is 1.08.